The second-order valence-corrected chi connectivity index (χ2v) is 5.84. The highest BCUT2D eigenvalue weighted by molar-refractivity contribution is 7.09. The van der Waals surface area contributed by atoms with Gasteiger partial charge in [0.1, 0.15) is 0 Å². The summed E-state index contributed by atoms with van der Waals surface area (Å²) in [7, 11) is 0. The van der Waals surface area contributed by atoms with Crippen molar-refractivity contribution in [1.29, 1.82) is 0 Å². The summed E-state index contributed by atoms with van der Waals surface area (Å²) in [6, 6.07) is 9.35. The van der Waals surface area contributed by atoms with E-state index in [1.165, 1.54) is 22.4 Å². The van der Waals surface area contributed by atoms with Crippen molar-refractivity contribution in [2.45, 2.75) is 25.8 Å². The van der Waals surface area contributed by atoms with Crippen molar-refractivity contribution >= 4 is 11.3 Å². The molecule has 0 aliphatic heterocycles. The van der Waals surface area contributed by atoms with Crippen LogP contribution in [0.5, 0.6) is 0 Å². The van der Waals surface area contributed by atoms with Crippen molar-refractivity contribution < 1.29 is 0 Å². The van der Waals surface area contributed by atoms with Gasteiger partial charge in [0.2, 0.25) is 0 Å². The molecule has 0 spiro atoms. The minimum Gasteiger partial charge on any atom is -0.310 e. The first-order chi connectivity index (χ1) is 8.88. The lowest BCUT2D eigenvalue weighted by Gasteiger charge is -2.20. The molecule has 3 rings (SSSR count). The Balaban J connectivity index is 1.83. The zero-order chi connectivity index (χ0) is 12.4. The Morgan fingerprint density at radius 1 is 1.39 bits per heavy atom. The van der Waals surface area contributed by atoms with Crippen LogP contribution in [0, 0.1) is 5.92 Å². The molecule has 2 aromatic rings. The molecule has 2 nitrogen and oxygen atoms in total. The fourth-order valence-electron chi connectivity index (χ4n) is 2.97. The molecule has 94 valence electrons. The van der Waals surface area contributed by atoms with Crippen LogP contribution >= 0.6 is 11.3 Å². The molecule has 1 aliphatic rings. The van der Waals surface area contributed by atoms with E-state index >= 15 is 0 Å². The molecule has 0 radical (unpaired) electrons. The van der Waals surface area contributed by atoms with Crippen LogP contribution in [0.2, 0.25) is 0 Å². The first-order valence-corrected chi connectivity index (χ1v) is 7.45. The predicted octanol–water partition coefficient (Wildman–Crippen LogP) is 3.21. The van der Waals surface area contributed by atoms with E-state index in [4.69, 9.17) is 0 Å². The number of rotatable bonds is 4. The van der Waals surface area contributed by atoms with E-state index in [0.717, 1.165) is 13.0 Å². The molecular formula is C15H18N2S. The molecule has 0 fully saturated rings. The number of hydrogen-bond acceptors (Lipinski definition) is 3. The molecule has 2 unspecified atom stereocenters. The highest BCUT2D eigenvalue weighted by Gasteiger charge is 2.31. The fourth-order valence-corrected chi connectivity index (χ4v) is 3.65. The number of aromatic nitrogens is 1. The molecule has 0 saturated heterocycles. The van der Waals surface area contributed by atoms with Crippen LogP contribution in [0.25, 0.3) is 0 Å². The topological polar surface area (TPSA) is 24.9 Å². The molecule has 1 aromatic heterocycles. The molecule has 1 heterocycles. The van der Waals surface area contributed by atoms with Crippen LogP contribution in [0.4, 0.5) is 0 Å². The van der Waals surface area contributed by atoms with Gasteiger partial charge in [0, 0.05) is 17.1 Å². The highest BCUT2D eigenvalue weighted by atomic mass is 32.1. The number of thiazole rings is 1. The van der Waals surface area contributed by atoms with Gasteiger partial charge in [-0.05, 0) is 36.4 Å². The normalized spacial score (nSPS) is 22.1. The second kappa shape index (κ2) is 5.21. The van der Waals surface area contributed by atoms with Crippen LogP contribution in [-0.4, -0.2) is 11.5 Å². The molecule has 3 heteroatoms. The maximum atomic E-state index is 4.18. The number of nitrogens with zero attached hydrogens (tertiary/aromatic N) is 1. The molecular weight excluding hydrogens is 240 g/mol. The second-order valence-electron chi connectivity index (χ2n) is 4.87. The average Bonchev–Trinajstić information content (AvgIpc) is 3.00. The Morgan fingerprint density at radius 2 is 2.28 bits per heavy atom. The van der Waals surface area contributed by atoms with Gasteiger partial charge < -0.3 is 5.32 Å². The monoisotopic (exact) mass is 258 g/mol. The van der Waals surface area contributed by atoms with Crippen molar-refractivity contribution in [2.24, 2.45) is 5.92 Å². The number of nitrogens with one attached hydrogen (secondary N) is 1. The maximum Gasteiger partial charge on any atom is 0.0794 e. The summed E-state index contributed by atoms with van der Waals surface area (Å²) in [4.78, 5) is 5.58. The van der Waals surface area contributed by atoms with E-state index < -0.39 is 0 Å². The summed E-state index contributed by atoms with van der Waals surface area (Å²) in [5.74, 6) is 0.669. The van der Waals surface area contributed by atoms with Crippen LogP contribution in [0.3, 0.4) is 0 Å². The van der Waals surface area contributed by atoms with Crippen molar-refractivity contribution in [1.82, 2.24) is 10.3 Å². The highest BCUT2D eigenvalue weighted by Crippen LogP contribution is 2.38. The SMILES string of the molecule is CCNC1c2ccccc2CC1Cc1cncs1. The third kappa shape index (κ3) is 2.20. The Bertz CT molecular complexity index is 505. The first kappa shape index (κ1) is 11.9. The summed E-state index contributed by atoms with van der Waals surface area (Å²) in [5.41, 5.74) is 4.94. The number of fused-ring (bicyclic) bond motifs is 1. The standard InChI is InChI=1S/C15H18N2S/c1-2-17-15-12(8-13-9-16-10-18-13)7-11-5-3-4-6-14(11)15/h3-6,9-10,12,15,17H,2,7-8H2,1H3. The summed E-state index contributed by atoms with van der Waals surface area (Å²) in [5, 5.41) is 3.65. The minimum atomic E-state index is 0.508. The zero-order valence-corrected chi connectivity index (χ0v) is 11.4. The fraction of sp³-hybridized carbons (Fsp3) is 0.400. The summed E-state index contributed by atoms with van der Waals surface area (Å²) in [6.07, 6.45) is 4.33. The summed E-state index contributed by atoms with van der Waals surface area (Å²) < 4.78 is 0. The Hall–Kier alpha value is -1.19. The molecule has 1 aromatic carbocycles. The van der Waals surface area contributed by atoms with Crippen LogP contribution in [0.1, 0.15) is 29.0 Å². The molecule has 18 heavy (non-hydrogen) atoms. The summed E-state index contributed by atoms with van der Waals surface area (Å²) >= 11 is 1.77. The molecule has 2 atom stereocenters. The first-order valence-electron chi connectivity index (χ1n) is 6.57. The minimum absolute atomic E-state index is 0.508. The van der Waals surface area contributed by atoms with Gasteiger partial charge in [0.15, 0.2) is 0 Å². The van der Waals surface area contributed by atoms with Gasteiger partial charge in [-0.3, -0.25) is 4.98 Å². The van der Waals surface area contributed by atoms with Crippen molar-refractivity contribution in [2.75, 3.05) is 6.54 Å². The Labute approximate surface area is 112 Å². The van der Waals surface area contributed by atoms with E-state index in [0.29, 0.717) is 12.0 Å². The quantitative estimate of drug-likeness (QED) is 0.911. The van der Waals surface area contributed by atoms with Gasteiger partial charge in [-0.15, -0.1) is 11.3 Å². The van der Waals surface area contributed by atoms with Crippen LogP contribution < -0.4 is 5.32 Å². The van der Waals surface area contributed by atoms with Crippen molar-refractivity contribution in [3.63, 3.8) is 0 Å². The number of benzene rings is 1. The van der Waals surface area contributed by atoms with Gasteiger partial charge in [-0.1, -0.05) is 31.2 Å². The van der Waals surface area contributed by atoms with Gasteiger partial charge in [0.25, 0.3) is 0 Å². The van der Waals surface area contributed by atoms with E-state index in [1.807, 2.05) is 11.7 Å². The molecule has 1 N–H and O–H groups in total. The van der Waals surface area contributed by atoms with Gasteiger partial charge >= 0.3 is 0 Å². The van der Waals surface area contributed by atoms with Gasteiger partial charge in [-0.2, -0.15) is 0 Å². The lowest BCUT2D eigenvalue weighted by Crippen LogP contribution is -2.26. The zero-order valence-electron chi connectivity index (χ0n) is 10.6. The Kier molecular flexibility index (Phi) is 3.43. The van der Waals surface area contributed by atoms with Crippen LogP contribution in [-0.2, 0) is 12.8 Å². The molecule has 0 amide bonds. The van der Waals surface area contributed by atoms with Gasteiger partial charge in [0.05, 0.1) is 5.51 Å². The predicted molar refractivity (Wildman–Crippen MR) is 75.9 cm³/mol. The van der Waals surface area contributed by atoms with Crippen molar-refractivity contribution in [3.05, 3.63) is 52.0 Å². The van der Waals surface area contributed by atoms with Crippen LogP contribution in [0.15, 0.2) is 36.0 Å². The summed E-state index contributed by atoms with van der Waals surface area (Å²) in [6.45, 7) is 3.21. The third-order valence-corrected chi connectivity index (χ3v) is 4.52. The van der Waals surface area contributed by atoms with E-state index in [2.05, 4.69) is 41.5 Å². The smallest absolute Gasteiger partial charge is 0.0794 e. The number of hydrogen-bond donors (Lipinski definition) is 1. The van der Waals surface area contributed by atoms with E-state index in [-0.39, 0.29) is 0 Å². The lowest BCUT2D eigenvalue weighted by molar-refractivity contribution is 0.395. The lowest BCUT2D eigenvalue weighted by atomic mass is 9.96. The molecule has 1 aliphatic carbocycles. The van der Waals surface area contributed by atoms with E-state index in [1.54, 1.807) is 11.3 Å². The largest absolute Gasteiger partial charge is 0.310 e. The van der Waals surface area contributed by atoms with E-state index in [9.17, 15) is 0 Å². The molecule has 0 bridgehead atoms. The Morgan fingerprint density at radius 3 is 3.06 bits per heavy atom. The van der Waals surface area contributed by atoms with Gasteiger partial charge in [-0.25, -0.2) is 0 Å². The average molecular weight is 258 g/mol. The van der Waals surface area contributed by atoms with Crippen molar-refractivity contribution in [3.8, 4) is 0 Å². The maximum absolute atomic E-state index is 4.18. The third-order valence-electron chi connectivity index (χ3n) is 3.71. The molecule has 0 saturated carbocycles.